The first kappa shape index (κ1) is 14.2. The average molecular weight is 345 g/mol. The zero-order chi connectivity index (χ0) is 14.0. The fraction of sp³-hybridized carbons (Fsp3) is 0.154. The minimum atomic E-state index is -0.413. The lowest BCUT2D eigenvalue weighted by atomic mass is 9.99. The number of anilines is 1. The molecule has 1 aromatic carbocycles. The molecule has 0 fully saturated rings. The summed E-state index contributed by atoms with van der Waals surface area (Å²) in [6, 6.07) is 6.02. The topological polar surface area (TPSA) is 50.9 Å². The van der Waals surface area contributed by atoms with Crippen molar-refractivity contribution >= 4 is 33.3 Å². The van der Waals surface area contributed by atoms with Gasteiger partial charge in [-0.1, -0.05) is 27.5 Å². The maximum absolute atomic E-state index is 14.0. The molecule has 0 spiro atoms. The van der Waals surface area contributed by atoms with Crippen LogP contribution in [0.25, 0.3) is 0 Å². The van der Waals surface area contributed by atoms with Crippen LogP contribution in [0, 0.1) is 5.82 Å². The third-order valence-corrected chi connectivity index (χ3v) is 3.48. The maximum atomic E-state index is 14.0. The molecule has 0 radical (unpaired) electrons. The van der Waals surface area contributed by atoms with Crippen LogP contribution < -0.4 is 11.1 Å². The number of rotatable bonds is 3. The Morgan fingerprint density at radius 1 is 1.37 bits per heavy atom. The van der Waals surface area contributed by atoms with Crippen molar-refractivity contribution in [3.63, 3.8) is 0 Å². The number of pyridine rings is 1. The number of benzene rings is 1. The summed E-state index contributed by atoms with van der Waals surface area (Å²) in [5.41, 5.74) is 6.97. The normalized spacial score (nSPS) is 12.4. The average Bonchev–Trinajstić information content (AvgIpc) is 2.38. The van der Waals surface area contributed by atoms with Crippen molar-refractivity contribution < 1.29 is 4.39 Å². The van der Waals surface area contributed by atoms with E-state index in [1.165, 1.54) is 12.3 Å². The van der Waals surface area contributed by atoms with Crippen LogP contribution in [-0.4, -0.2) is 12.0 Å². The molecule has 1 aromatic heterocycles. The van der Waals surface area contributed by atoms with E-state index in [2.05, 4.69) is 26.2 Å². The quantitative estimate of drug-likeness (QED) is 0.895. The highest BCUT2D eigenvalue weighted by Crippen LogP contribution is 2.30. The van der Waals surface area contributed by atoms with Gasteiger partial charge in [0.1, 0.15) is 11.6 Å². The standard InChI is InChI=1S/C13H12BrClFN3/c1-18-12(9-4-7(14)2-3-11(9)16)10-5-8(15)6-19-13(10)17/h2-6,12,18H,1H3,(H2,17,19). The number of hydrogen-bond donors (Lipinski definition) is 2. The molecule has 2 aromatic rings. The molecule has 0 aliphatic carbocycles. The second-order valence-corrected chi connectivity index (χ2v) is 5.37. The fourth-order valence-electron chi connectivity index (χ4n) is 1.91. The summed E-state index contributed by atoms with van der Waals surface area (Å²) in [7, 11) is 1.73. The molecule has 6 heteroatoms. The third kappa shape index (κ3) is 3.05. The number of nitrogens with two attached hydrogens (primary N) is 1. The molecule has 0 bridgehead atoms. The number of nitrogens with zero attached hydrogens (tertiary/aromatic N) is 1. The van der Waals surface area contributed by atoms with Crippen LogP contribution in [0.5, 0.6) is 0 Å². The van der Waals surface area contributed by atoms with E-state index in [1.807, 2.05) is 0 Å². The van der Waals surface area contributed by atoms with Crippen LogP contribution >= 0.6 is 27.5 Å². The molecule has 0 aliphatic rings. The van der Waals surface area contributed by atoms with Crippen molar-refractivity contribution in [1.29, 1.82) is 0 Å². The first-order valence-corrected chi connectivity index (χ1v) is 6.73. The SMILES string of the molecule is CNC(c1cc(Br)ccc1F)c1cc(Cl)cnc1N. The van der Waals surface area contributed by atoms with E-state index >= 15 is 0 Å². The van der Waals surface area contributed by atoms with Gasteiger partial charge < -0.3 is 11.1 Å². The van der Waals surface area contributed by atoms with E-state index in [4.69, 9.17) is 17.3 Å². The van der Waals surface area contributed by atoms with Crippen molar-refractivity contribution in [3.8, 4) is 0 Å². The second kappa shape index (κ2) is 5.86. The van der Waals surface area contributed by atoms with Gasteiger partial charge in [-0.2, -0.15) is 0 Å². The molecule has 2 rings (SSSR count). The lowest BCUT2D eigenvalue weighted by molar-refractivity contribution is 0.576. The molecule has 1 atom stereocenters. The van der Waals surface area contributed by atoms with Crippen LogP contribution in [-0.2, 0) is 0 Å². The van der Waals surface area contributed by atoms with Crippen LogP contribution in [0.2, 0.25) is 5.02 Å². The molecule has 0 aliphatic heterocycles. The Labute approximate surface area is 124 Å². The molecular weight excluding hydrogens is 333 g/mol. The second-order valence-electron chi connectivity index (χ2n) is 4.02. The van der Waals surface area contributed by atoms with Gasteiger partial charge in [-0.05, 0) is 31.3 Å². The Bertz CT molecular complexity index is 555. The Morgan fingerprint density at radius 3 is 2.79 bits per heavy atom. The van der Waals surface area contributed by atoms with Crippen molar-refractivity contribution in [2.75, 3.05) is 12.8 Å². The summed E-state index contributed by atoms with van der Waals surface area (Å²) in [5.74, 6) is 0.00468. The molecule has 19 heavy (non-hydrogen) atoms. The van der Waals surface area contributed by atoms with Gasteiger partial charge in [0.25, 0.3) is 0 Å². The smallest absolute Gasteiger partial charge is 0.128 e. The van der Waals surface area contributed by atoms with E-state index < -0.39 is 6.04 Å². The first-order chi connectivity index (χ1) is 9.02. The van der Waals surface area contributed by atoms with Crippen LogP contribution in [0.15, 0.2) is 34.9 Å². The number of hydrogen-bond acceptors (Lipinski definition) is 3. The largest absolute Gasteiger partial charge is 0.383 e. The van der Waals surface area contributed by atoms with Gasteiger partial charge in [-0.3, -0.25) is 0 Å². The van der Waals surface area contributed by atoms with Gasteiger partial charge in [0, 0.05) is 21.8 Å². The van der Waals surface area contributed by atoms with Crippen molar-refractivity contribution in [2.45, 2.75) is 6.04 Å². The molecule has 100 valence electrons. The Morgan fingerprint density at radius 2 is 2.11 bits per heavy atom. The molecule has 1 unspecified atom stereocenters. The van der Waals surface area contributed by atoms with E-state index in [0.717, 1.165) is 4.47 Å². The van der Waals surface area contributed by atoms with E-state index in [1.54, 1.807) is 25.2 Å². The van der Waals surface area contributed by atoms with E-state index in [9.17, 15) is 4.39 Å². The van der Waals surface area contributed by atoms with Crippen molar-refractivity contribution in [3.05, 3.63) is 56.9 Å². The number of aromatic nitrogens is 1. The maximum Gasteiger partial charge on any atom is 0.128 e. The summed E-state index contributed by atoms with van der Waals surface area (Å²) in [6.07, 6.45) is 1.46. The first-order valence-electron chi connectivity index (χ1n) is 5.56. The lowest BCUT2D eigenvalue weighted by Gasteiger charge is -2.19. The van der Waals surface area contributed by atoms with Gasteiger partial charge in [0.2, 0.25) is 0 Å². The van der Waals surface area contributed by atoms with Gasteiger partial charge in [-0.25, -0.2) is 9.37 Å². The molecule has 0 saturated heterocycles. The number of halogens is 3. The lowest BCUT2D eigenvalue weighted by Crippen LogP contribution is -2.20. The molecule has 0 saturated carbocycles. The van der Waals surface area contributed by atoms with Gasteiger partial charge >= 0.3 is 0 Å². The minimum absolute atomic E-state index is 0.318. The van der Waals surface area contributed by atoms with Crippen LogP contribution in [0.4, 0.5) is 10.2 Å². The Kier molecular flexibility index (Phi) is 4.39. The van der Waals surface area contributed by atoms with Crippen molar-refractivity contribution in [1.82, 2.24) is 10.3 Å². The predicted molar refractivity (Wildman–Crippen MR) is 78.7 cm³/mol. The van der Waals surface area contributed by atoms with Gasteiger partial charge in [0.05, 0.1) is 11.1 Å². The molecule has 3 N–H and O–H groups in total. The molecule has 3 nitrogen and oxygen atoms in total. The summed E-state index contributed by atoms with van der Waals surface area (Å²) >= 11 is 9.26. The number of nitrogens with one attached hydrogen (secondary N) is 1. The molecular formula is C13H12BrClFN3. The highest BCUT2D eigenvalue weighted by molar-refractivity contribution is 9.10. The molecule has 0 amide bonds. The third-order valence-electron chi connectivity index (χ3n) is 2.78. The van der Waals surface area contributed by atoms with Crippen LogP contribution in [0.3, 0.4) is 0 Å². The summed E-state index contributed by atoms with van der Waals surface area (Å²) < 4.78 is 14.8. The van der Waals surface area contributed by atoms with Crippen LogP contribution in [0.1, 0.15) is 17.2 Å². The van der Waals surface area contributed by atoms with E-state index in [0.29, 0.717) is 22.0 Å². The highest BCUT2D eigenvalue weighted by atomic mass is 79.9. The number of nitrogen functional groups attached to an aromatic ring is 1. The summed E-state index contributed by atoms with van der Waals surface area (Å²) in [4.78, 5) is 4.00. The van der Waals surface area contributed by atoms with Crippen molar-refractivity contribution in [2.24, 2.45) is 0 Å². The summed E-state index contributed by atoms with van der Waals surface area (Å²) in [6.45, 7) is 0. The monoisotopic (exact) mass is 343 g/mol. The Balaban J connectivity index is 2.55. The predicted octanol–water partition coefficient (Wildman–Crippen LogP) is 3.53. The molecule has 1 heterocycles. The zero-order valence-electron chi connectivity index (χ0n) is 10.1. The van der Waals surface area contributed by atoms with Gasteiger partial charge in [-0.15, -0.1) is 0 Å². The fourth-order valence-corrected chi connectivity index (χ4v) is 2.46. The summed E-state index contributed by atoms with van der Waals surface area (Å²) in [5, 5.41) is 3.49. The van der Waals surface area contributed by atoms with Gasteiger partial charge in [0.15, 0.2) is 0 Å². The van der Waals surface area contributed by atoms with E-state index in [-0.39, 0.29) is 5.82 Å². The minimum Gasteiger partial charge on any atom is -0.383 e. The highest BCUT2D eigenvalue weighted by Gasteiger charge is 2.19. The Hall–Kier alpha value is -1.17. The zero-order valence-corrected chi connectivity index (χ0v) is 12.5.